The average Bonchev–Trinajstić information content (AvgIpc) is 2.89. The van der Waals surface area contributed by atoms with Crippen molar-refractivity contribution in [2.45, 2.75) is 6.92 Å². The molecular weight excluding hydrogens is 260 g/mol. The first-order valence-corrected chi connectivity index (χ1v) is 6.60. The van der Waals surface area contributed by atoms with E-state index in [-0.39, 0.29) is 5.91 Å². The number of thiazole rings is 1. The van der Waals surface area contributed by atoms with Gasteiger partial charge in [-0.2, -0.15) is 0 Å². The summed E-state index contributed by atoms with van der Waals surface area (Å²) >= 11 is 1.38. The fourth-order valence-electron chi connectivity index (χ4n) is 1.58. The zero-order valence-electron chi connectivity index (χ0n) is 10.7. The molecule has 1 aromatic heterocycles. The minimum absolute atomic E-state index is 0.210. The number of nitrogens with one attached hydrogen (secondary N) is 1. The summed E-state index contributed by atoms with van der Waals surface area (Å²) in [6, 6.07) is 5.81. The van der Waals surface area contributed by atoms with Gasteiger partial charge in [-0.05, 0) is 25.1 Å². The molecule has 0 unspecified atom stereocenters. The minimum atomic E-state index is -0.210. The van der Waals surface area contributed by atoms with Crippen molar-refractivity contribution in [2.24, 2.45) is 0 Å². The van der Waals surface area contributed by atoms with Crippen LogP contribution in [0.5, 0.6) is 5.75 Å². The molecule has 1 aromatic carbocycles. The lowest BCUT2D eigenvalue weighted by Gasteiger charge is -2.05. The normalized spacial score (nSPS) is 10.6. The van der Waals surface area contributed by atoms with E-state index in [1.165, 1.54) is 17.4 Å². The highest BCUT2D eigenvalue weighted by atomic mass is 32.1. The molecule has 0 aliphatic heterocycles. The first-order chi connectivity index (χ1) is 9.19. The quantitative estimate of drug-likeness (QED) is 0.871. The molecule has 98 valence electrons. The third kappa shape index (κ3) is 3.66. The zero-order valence-corrected chi connectivity index (χ0v) is 11.5. The van der Waals surface area contributed by atoms with Crippen LogP contribution in [0.15, 0.2) is 35.9 Å². The lowest BCUT2D eigenvalue weighted by atomic mass is 10.1. The molecule has 2 rings (SSSR count). The maximum atomic E-state index is 11.7. The maximum absolute atomic E-state index is 11.7. The summed E-state index contributed by atoms with van der Waals surface area (Å²) in [6.07, 6.45) is 4.85. The van der Waals surface area contributed by atoms with Gasteiger partial charge in [-0.25, -0.2) is 4.98 Å². The second kappa shape index (κ2) is 6.15. The number of rotatable bonds is 4. The summed E-state index contributed by atoms with van der Waals surface area (Å²) in [5.41, 5.74) is 1.98. The fourth-order valence-corrected chi connectivity index (χ4v) is 2.11. The van der Waals surface area contributed by atoms with Gasteiger partial charge in [0.1, 0.15) is 5.75 Å². The molecule has 0 spiro atoms. The summed E-state index contributed by atoms with van der Waals surface area (Å²) in [6.45, 7) is 1.99. The summed E-state index contributed by atoms with van der Waals surface area (Å²) in [7, 11) is 1.61. The number of hydrogen-bond donors (Lipinski definition) is 1. The third-order valence-corrected chi connectivity index (χ3v) is 3.15. The monoisotopic (exact) mass is 274 g/mol. The Morgan fingerprint density at radius 2 is 2.32 bits per heavy atom. The van der Waals surface area contributed by atoms with E-state index in [0.29, 0.717) is 5.13 Å². The molecule has 0 bridgehead atoms. The van der Waals surface area contributed by atoms with E-state index in [1.807, 2.05) is 30.5 Å². The van der Waals surface area contributed by atoms with Gasteiger partial charge in [0.15, 0.2) is 5.13 Å². The second-order valence-corrected chi connectivity index (χ2v) is 4.80. The molecule has 19 heavy (non-hydrogen) atoms. The van der Waals surface area contributed by atoms with Crippen molar-refractivity contribution in [1.82, 2.24) is 4.98 Å². The Hall–Kier alpha value is -2.14. The summed E-state index contributed by atoms with van der Waals surface area (Å²) < 4.78 is 5.25. The van der Waals surface area contributed by atoms with Gasteiger partial charge in [-0.3, -0.25) is 10.1 Å². The van der Waals surface area contributed by atoms with E-state index in [1.54, 1.807) is 19.4 Å². The third-order valence-electron chi connectivity index (χ3n) is 2.46. The molecule has 4 nitrogen and oxygen atoms in total. The van der Waals surface area contributed by atoms with Gasteiger partial charge in [0.25, 0.3) is 0 Å². The van der Waals surface area contributed by atoms with E-state index >= 15 is 0 Å². The molecular formula is C14H14N2O2S. The van der Waals surface area contributed by atoms with Crippen molar-refractivity contribution in [3.63, 3.8) is 0 Å². The summed E-state index contributed by atoms with van der Waals surface area (Å²) in [5.74, 6) is 0.530. The van der Waals surface area contributed by atoms with Crippen molar-refractivity contribution in [3.8, 4) is 5.75 Å². The van der Waals surface area contributed by atoms with E-state index in [2.05, 4.69) is 10.3 Å². The Labute approximate surface area is 115 Å². The zero-order chi connectivity index (χ0) is 13.7. The molecule has 1 N–H and O–H groups in total. The molecule has 0 saturated heterocycles. The van der Waals surface area contributed by atoms with Gasteiger partial charge in [-0.1, -0.05) is 11.6 Å². The number of methoxy groups -OCH3 is 1. The maximum Gasteiger partial charge on any atom is 0.250 e. The van der Waals surface area contributed by atoms with E-state index < -0.39 is 0 Å². The number of anilines is 1. The lowest BCUT2D eigenvalue weighted by Crippen LogP contribution is -2.07. The van der Waals surface area contributed by atoms with Crippen LogP contribution in [0.2, 0.25) is 0 Å². The SMILES string of the molecule is COc1ccc(C)cc1/C=C/C(=O)Nc1nccs1. The Kier molecular flexibility index (Phi) is 4.30. The van der Waals surface area contributed by atoms with Crippen molar-refractivity contribution in [2.75, 3.05) is 12.4 Å². The van der Waals surface area contributed by atoms with Gasteiger partial charge in [-0.15, -0.1) is 11.3 Å². The van der Waals surface area contributed by atoms with Gasteiger partial charge >= 0.3 is 0 Å². The predicted molar refractivity (Wildman–Crippen MR) is 77.5 cm³/mol. The van der Waals surface area contributed by atoms with Gasteiger partial charge in [0.05, 0.1) is 7.11 Å². The highest BCUT2D eigenvalue weighted by Crippen LogP contribution is 2.21. The minimum Gasteiger partial charge on any atom is -0.496 e. The first-order valence-electron chi connectivity index (χ1n) is 5.72. The van der Waals surface area contributed by atoms with Gasteiger partial charge in [0.2, 0.25) is 5.91 Å². The van der Waals surface area contributed by atoms with Crippen molar-refractivity contribution < 1.29 is 9.53 Å². The largest absolute Gasteiger partial charge is 0.496 e. The van der Waals surface area contributed by atoms with E-state index in [9.17, 15) is 4.79 Å². The van der Waals surface area contributed by atoms with Crippen LogP contribution in [0.3, 0.4) is 0 Å². The molecule has 1 amide bonds. The number of carbonyl (C=O) groups is 1. The van der Waals surface area contributed by atoms with Crippen LogP contribution in [0, 0.1) is 6.92 Å². The number of carbonyl (C=O) groups excluding carboxylic acids is 1. The topological polar surface area (TPSA) is 51.2 Å². The van der Waals surface area contributed by atoms with Crippen LogP contribution in [-0.4, -0.2) is 18.0 Å². The molecule has 0 saturated carbocycles. The summed E-state index contributed by atoms with van der Waals surface area (Å²) in [4.78, 5) is 15.7. The van der Waals surface area contributed by atoms with Crippen LogP contribution >= 0.6 is 11.3 Å². The Bertz CT molecular complexity index is 591. The number of nitrogens with zero attached hydrogens (tertiary/aromatic N) is 1. The van der Waals surface area contributed by atoms with Crippen LogP contribution < -0.4 is 10.1 Å². The number of hydrogen-bond acceptors (Lipinski definition) is 4. The second-order valence-electron chi connectivity index (χ2n) is 3.91. The Balaban J connectivity index is 2.09. The number of aromatic nitrogens is 1. The lowest BCUT2D eigenvalue weighted by molar-refractivity contribution is -0.111. The van der Waals surface area contributed by atoms with E-state index in [0.717, 1.165) is 16.9 Å². The smallest absolute Gasteiger partial charge is 0.250 e. The average molecular weight is 274 g/mol. The molecule has 0 fully saturated rings. The van der Waals surface area contributed by atoms with Crippen LogP contribution in [-0.2, 0) is 4.79 Å². The molecule has 0 atom stereocenters. The highest BCUT2D eigenvalue weighted by Gasteiger charge is 2.02. The van der Waals surface area contributed by atoms with Crippen LogP contribution in [0.1, 0.15) is 11.1 Å². The molecule has 2 aromatic rings. The van der Waals surface area contributed by atoms with Crippen LogP contribution in [0.4, 0.5) is 5.13 Å². The van der Waals surface area contributed by atoms with Crippen molar-refractivity contribution >= 4 is 28.5 Å². The number of amides is 1. The highest BCUT2D eigenvalue weighted by molar-refractivity contribution is 7.13. The molecule has 0 radical (unpaired) electrons. The fraction of sp³-hybridized carbons (Fsp3) is 0.143. The number of benzene rings is 1. The Morgan fingerprint density at radius 3 is 3.00 bits per heavy atom. The number of aryl methyl sites for hydroxylation is 1. The molecule has 0 aliphatic rings. The van der Waals surface area contributed by atoms with Gasteiger partial charge in [0, 0.05) is 23.2 Å². The summed E-state index contributed by atoms with van der Waals surface area (Å²) in [5, 5.41) is 5.08. The standard InChI is InChI=1S/C14H14N2O2S/c1-10-3-5-12(18-2)11(9-10)4-6-13(17)16-14-15-7-8-19-14/h3-9H,1-2H3,(H,15,16,17)/b6-4+. The first kappa shape index (κ1) is 13.3. The van der Waals surface area contributed by atoms with Gasteiger partial charge < -0.3 is 4.74 Å². The van der Waals surface area contributed by atoms with Crippen molar-refractivity contribution in [3.05, 3.63) is 47.0 Å². The van der Waals surface area contributed by atoms with E-state index in [4.69, 9.17) is 4.74 Å². The molecule has 1 heterocycles. The van der Waals surface area contributed by atoms with Crippen molar-refractivity contribution in [1.29, 1.82) is 0 Å². The molecule has 0 aliphatic carbocycles. The predicted octanol–water partition coefficient (Wildman–Crippen LogP) is 3.11. The molecule has 5 heteroatoms. The van der Waals surface area contributed by atoms with Crippen LogP contribution in [0.25, 0.3) is 6.08 Å². The Morgan fingerprint density at radius 1 is 1.47 bits per heavy atom. The number of ether oxygens (including phenoxy) is 1.